The van der Waals surface area contributed by atoms with E-state index in [2.05, 4.69) is 0 Å². The Hall–Kier alpha value is -0.460. The van der Waals surface area contributed by atoms with Crippen molar-refractivity contribution in [3.8, 4) is 0 Å². The average Bonchev–Trinajstić information content (AvgIpc) is 2.37. The van der Waals surface area contributed by atoms with Crippen LogP contribution in [0.3, 0.4) is 0 Å². The molecule has 0 bridgehead atoms. The van der Waals surface area contributed by atoms with E-state index in [-0.39, 0.29) is 30.9 Å². The maximum absolute atomic E-state index is 12.5. The minimum absolute atomic E-state index is 0. The summed E-state index contributed by atoms with van der Waals surface area (Å²) in [7, 11) is 0. The zero-order valence-corrected chi connectivity index (χ0v) is 14.0. The van der Waals surface area contributed by atoms with Crippen LogP contribution < -0.4 is 5.73 Å². The van der Waals surface area contributed by atoms with E-state index in [0.717, 1.165) is 12.8 Å². The van der Waals surface area contributed by atoms with Crippen molar-refractivity contribution in [2.24, 2.45) is 5.73 Å². The fraction of sp³-hybridized carbons (Fsp3) is 0.929. The fourth-order valence-electron chi connectivity index (χ4n) is 2.87. The molecule has 0 aromatic heterocycles. The predicted octanol–water partition coefficient (Wildman–Crippen LogP) is 2.11. The molecule has 0 spiro atoms. The van der Waals surface area contributed by atoms with Gasteiger partial charge in [0.1, 0.15) is 0 Å². The number of amides is 1. The van der Waals surface area contributed by atoms with E-state index in [1.54, 1.807) is 16.7 Å². The molecule has 0 aliphatic carbocycles. The number of alkyl halides is 2. The van der Waals surface area contributed by atoms with Crippen molar-refractivity contribution >= 4 is 18.3 Å². The summed E-state index contributed by atoms with van der Waals surface area (Å²) in [6.45, 7) is 6.98. The van der Waals surface area contributed by atoms with Gasteiger partial charge in [0, 0.05) is 25.7 Å². The van der Waals surface area contributed by atoms with E-state index in [4.69, 9.17) is 5.73 Å². The molecule has 21 heavy (non-hydrogen) atoms. The molecule has 1 aliphatic rings. The van der Waals surface area contributed by atoms with Gasteiger partial charge in [0.05, 0.1) is 12.1 Å². The van der Waals surface area contributed by atoms with Gasteiger partial charge in [-0.25, -0.2) is 8.78 Å². The van der Waals surface area contributed by atoms with Gasteiger partial charge in [-0.2, -0.15) is 0 Å². The summed E-state index contributed by atoms with van der Waals surface area (Å²) >= 11 is 0. The molecular formula is C14H28ClF2N3O. The zero-order chi connectivity index (χ0) is 15.3. The third kappa shape index (κ3) is 5.68. The molecule has 1 rings (SSSR count). The van der Waals surface area contributed by atoms with Crippen LogP contribution in [0.5, 0.6) is 0 Å². The molecule has 0 aromatic carbocycles. The van der Waals surface area contributed by atoms with Gasteiger partial charge in [-0.1, -0.05) is 20.3 Å². The van der Waals surface area contributed by atoms with Gasteiger partial charge in [0.15, 0.2) is 0 Å². The van der Waals surface area contributed by atoms with Gasteiger partial charge in [0.25, 0.3) is 6.43 Å². The lowest BCUT2D eigenvalue weighted by atomic mass is 9.94. The van der Waals surface area contributed by atoms with Crippen molar-refractivity contribution in [2.45, 2.75) is 58.0 Å². The van der Waals surface area contributed by atoms with Crippen LogP contribution in [0.4, 0.5) is 8.78 Å². The molecule has 1 aliphatic heterocycles. The van der Waals surface area contributed by atoms with Crippen LogP contribution in [0, 0.1) is 0 Å². The van der Waals surface area contributed by atoms with E-state index >= 15 is 0 Å². The van der Waals surface area contributed by atoms with E-state index < -0.39 is 12.0 Å². The Bertz CT molecular complexity index is 329. The second kappa shape index (κ2) is 8.86. The van der Waals surface area contributed by atoms with Crippen molar-refractivity contribution in [3.05, 3.63) is 0 Å². The average molecular weight is 328 g/mol. The first-order valence-corrected chi connectivity index (χ1v) is 7.42. The van der Waals surface area contributed by atoms with Crippen LogP contribution in [-0.4, -0.2) is 59.9 Å². The number of rotatable bonds is 6. The molecule has 0 saturated carbocycles. The first kappa shape index (κ1) is 20.5. The lowest BCUT2D eigenvalue weighted by molar-refractivity contribution is -0.140. The summed E-state index contributed by atoms with van der Waals surface area (Å²) in [4.78, 5) is 16.0. The highest BCUT2D eigenvalue weighted by Gasteiger charge is 2.36. The Labute approximate surface area is 132 Å². The number of carbonyl (C=O) groups excluding carboxylic acids is 1. The molecule has 1 saturated heterocycles. The normalized spacial score (nSPS) is 22.8. The molecule has 126 valence electrons. The Morgan fingerprint density at radius 2 is 2.00 bits per heavy atom. The summed E-state index contributed by atoms with van der Waals surface area (Å²) in [5.41, 5.74) is 5.23. The first-order valence-electron chi connectivity index (χ1n) is 7.42. The van der Waals surface area contributed by atoms with E-state index in [1.165, 1.54) is 0 Å². The Kier molecular flexibility index (Phi) is 8.66. The summed E-state index contributed by atoms with van der Waals surface area (Å²) in [5, 5.41) is 0. The minimum atomic E-state index is -2.33. The van der Waals surface area contributed by atoms with Gasteiger partial charge >= 0.3 is 0 Å². The Balaban J connectivity index is 0.00000400. The van der Waals surface area contributed by atoms with Crippen molar-refractivity contribution in [3.63, 3.8) is 0 Å². The van der Waals surface area contributed by atoms with Gasteiger partial charge in [-0.15, -0.1) is 12.4 Å². The number of hydrogen-bond donors (Lipinski definition) is 1. The molecule has 2 unspecified atom stereocenters. The van der Waals surface area contributed by atoms with E-state index in [0.29, 0.717) is 26.1 Å². The lowest BCUT2D eigenvalue weighted by Gasteiger charge is -2.43. The number of carbonyl (C=O) groups is 1. The monoisotopic (exact) mass is 327 g/mol. The maximum Gasteiger partial charge on any atom is 0.251 e. The van der Waals surface area contributed by atoms with E-state index in [1.807, 2.05) is 13.8 Å². The second-order valence-electron chi connectivity index (χ2n) is 5.87. The molecule has 1 fully saturated rings. The first-order chi connectivity index (χ1) is 9.31. The number of hydrogen-bond acceptors (Lipinski definition) is 3. The summed E-state index contributed by atoms with van der Waals surface area (Å²) in [5.74, 6) is -0.0607. The second-order valence-corrected chi connectivity index (χ2v) is 5.87. The van der Waals surface area contributed by atoms with Crippen molar-refractivity contribution < 1.29 is 13.6 Å². The van der Waals surface area contributed by atoms with Crippen LogP contribution in [0.15, 0.2) is 0 Å². The molecule has 0 radical (unpaired) electrons. The molecule has 4 nitrogen and oxygen atoms in total. The third-order valence-corrected chi connectivity index (χ3v) is 3.99. The number of nitrogens with two attached hydrogens (primary N) is 1. The van der Waals surface area contributed by atoms with Gasteiger partial charge in [-0.3, -0.25) is 9.69 Å². The molecule has 1 heterocycles. The van der Waals surface area contributed by atoms with Gasteiger partial charge < -0.3 is 10.6 Å². The third-order valence-electron chi connectivity index (χ3n) is 3.99. The molecule has 0 aromatic rings. The van der Waals surface area contributed by atoms with Crippen LogP contribution in [-0.2, 0) is 4.79 Å². The SMILES string of the molecule is CCCC(C)(N)C(=O)N1CCN(CC(F)F)C(CC)C1.Cl. The summed E-state index contributed by atoms with van der Waals surface area (Å²) in [6.07, 6.45) is -0.0848. The van der Waals surface area contributed by atoms with Crippen LogP contribution >= 0.6 is 12.4 Å². The zero-order valence-electron chi connectivity index (χ0n) is 13.1. The van der Waals surface area contributed by atoms with Crippen LogP contribution in [0.25, 0.3) is 0 Å². The van der Waals surface area contributed by atoms with Crippen LogP contribution in [0.2, 0.25) is 0 Å². The smallest absolute Gasteiger partial charge is 0.251 e. The Morgan fingerprint density at radius 1 is 1.38 bits per heavy atom. The number of piperazine rings is 1. The van der Waals surface area contributed by atoms with Crippen molar-refractivity contribution in [2.75, 3.05) is 26.2 Å². The highest BCUT2D eigenvalue weighted by Crippen LogP contribution is 2.19. The Morgan fingerprint density at radius 3 is 2.48 bits per heavy atom. The molecular weight excluding hydrogens is 300 g/mol. The van der Waals surface area contributed by atoms with Gasteiger partial charge in [0.2, 0.25) is 5.91 Å². The molecule has 1 amide bonds. The topological polar surface area (TPSA) is 49.6 Å². The van der Waals surface area contributed by atoms with Crippen molar-refractivity contribution in [1.82, 2.24) is 9.80 Å². The molecule has 2 atom stereocenters. The highest BCUT2D eigenvalue weighted by molar-refractivity contribution is 5.86. The van der Waals surface area contributed by atoms with Crippen LogP contribution in [0.1, 0.15) is 40.0 Å². The highest BCUT2D eigenvalue weighted by atomic mass is 35.5. The minimum Gasteiger partial charge on any atom is -0.338 e. The van der Waals surface area contributed by atoms with Gasteiger partial charge in [-0.05, 0) is 19.8 Å². The lowest BCUT2D eigenvalue weighted by Crippen LogP contribution is -2.61. The maximum atomic E-state index is 12.5. The molecule has 7 heteroatoms. The van der Waals surface area contributed by atoms with Crippen molar-refractivity contribution in [1.29, 1.82) is 0 Å². The predicted molar refractivity (Wildman–Crippen MR) is 83.0 cm³/mol. The standard InChI is InChI=1S/C14H27F2N3O.ClH/c1-4-6-14(3,17)13(20)19-8-7-18(10-12(15)16)11(5-2)9-19;/h11-12H,4-10,17H2,1-3H3;1H. The number of halogens is 3. The largest absolute Gasteiger partial charge is 0.338 e. The summed E-state index contributed by atoms with van der Waals surface area (Å²) < 4.78 is 25.1. The van der Waals surface area contributed by atoms with E-state index in [9.17, 15) is 13.6 Å². The quantitative estimate of drug-likeness (QED) is 0.813. The summed E-state index contributed by atoms with van der Waals surface area (Å²) in [6, 6.07) is -0.000809. The fourth-order valence-corrected chi connectivity index (χ4v) is 2.87. The number of nitrogens with zero attached hydrogens (tertiary/aromatic N) is 2. The molecule has 2 N–H and O–H groups in total.